The number of esters is 1. The lowest BCUT2D eigenvalue weighted by Gasteiger charge is -2.17. The van der Waals surface area contributed by atoms with E-state index >= 15 is 0 Å². The number of allylic oxidation sites excluding steroid dienone is 1. The molecule has 1 aromatic heterocycles. The molecule has 46 heavy (non-hydrogen) atoms. The average molecular weight is 622 g/mol. The van der Waals surface area contributed by atoms with E-state index < -0.39 is 12.1 Å². The fraction of sp³-hybridized carbons (Fsp3) is 0.211. The fourth-order valence-electron chi connectivity index (χ4n) is 4.78. The van der Waals surface area contributed by atoms with Gasteiger partial charge in [0.15, 0.2) is 6.10 Å². The van der Waals surface area contributed by atoms with Gasteiger partial charge in [-0.1, -0.05) is 54.6 Å². The van der Waals surface area contributed by atoms with E-state index in [1.807, 2.05) is 79.7 Å². The molecule has 1 unspecified atom stereocenters. The Labute approximate surface area is 268 Å². The number of halogens is 1. The van der Waals surface area contributed by atoms with Crippen molar-refractivity contribution >= 4 is 12.0 Å². The zero-order chi connectivity index (χ0) is 32.3. The Bertz CT molecular complexity index is 1750. The van der Waals surface area contributed by atoms with Gasteiger partial charge >= 0.3 is 5.97 Å². The van der Waals surface area contributed by atoms with Crippen molar-refractivity contribution < 1.29 is 32.5 Å². The molecular formula is C38H36FNO6. The minimum absolute atomic E-state index is 0.230. The minimum atomic E-state index is -0.795. The Hall–Kier alpha value is -5.37. The van der Waals surface area contributed by atoms with Crippen molar-refractivity contribution in [2.45, 2.75) is 39.4 Å². The van der Waals surface area contributed by atoms with Gasteiger partial charge in [0.25, 0.3) is 0 Å². The molecule has 0 N–H and O–H groups in total. The first-order valence-electron chi connectivity index (χ1n) is 15.1. The van der Waals surface area contributed by atoms with E-state index in [9.17, 15) is 9.18 Å². The molecule has 4 aromatic carbocycles. The second kappa shape index (κ2) is 15.6. The van der Waals surface area contributed by atoms with E-state index in [2.05, 4.69) is 4.98 Å². The number of ether oxygens (including phenoxy) is 4. The summed E-state index contributed by atoms with van der Waals surface area (Å²) >= 11 is 0. The van der Waals surface area contributed by atoms with Gasteiger partial charge in [0.05, 0.1) is 13.7 Å². The topological polar surface area (TPSA) is 80.0 Å². The number of hydrogen-bond donors (Lipinski definition) is 0. The highest BCUT2D eigenvalue weighted by Crippen LogP contribution is 2.29. The molecule has 0 aliphatic rings. The largest absolute Gasteiger partial charge is 0.497 e. The Morgan fingerprint density at radius 3 is 2.30 bits per heavy atom. The number of hydrogen-bond acceptors (Lipinski definition) is 7. The summed E-state index contributed by atoms with van der Waals surface area (Å²) in [7, 11) is 1.61. The smallest absolute Gasteiger partial charge is 0.347 e. The molecule has 5 rings (SSSR count). The van der Waals surface area contributed by atoms with Crippen LogP contribution in [-0.2, 0) is 16.1 Å². The number of nitrogens with zero attached hydrogens (tertiary/aromatic N) is 1. The van der Waals surface area contributed by atoms with Crippen LogP contribution in [0, 0.1) is 12.7 Å². The van der Waals surface area contributed by atoms with Crippen LogP contribution in [0.4, 0.5) is 4.39 Å². The predicted molar refractivity (Wildman–Crippen MR) is 175 cm³/mol. The van der Waals surface area contributed by atoms with Gasteiger partial charge in [-0.2, -0.15) is 0 Å². The molecule has 5 aromatic rings. The summed E-state index contributed by atoms with van der Waals surface area (Å²) in [5, 5.41) is 0. The van der Waals surface area contributed by atoms with Gasteiger partial charge in [-0.3, -0.25) is 0 Å². The van der Waals surface area contributed by atoms with E-state index in [0.29, 0.717) is 47.4 Å². The zero-order valence-corrected chi connectivity index (χ0v) is 26.1. The quantitative estimate of drug-likeness (QED) is 0.115. The molecule has 0 saturated carbocycles. The average Bonchev–Trinajstić information content (AvgIpc) is 3.46. The third kappa shape index (κ3) is 8.41. The van der Waals surface area contributed by atoms with Crippen molar-refractivity contribution in [3.05, 3.63) is 126 Å². The van der Waals surface area contributed by atoms with Crippen LogP contribution in [0.1, 0.15) is 36.8 Å². The van der Waals surface area contributed by atoms with Gasteiger partial charge in [0.1, 0.15) is 41.1 Å². The summed E-state index contributed by atoms with van der Waals surface area (Å²) in [6.45, 7) is 4.11. The lowest BCUT2D eigenvalue weighted by molar-refractivity contribution is -0.151. The second-order valence-corrected chi connectivity index (χ2v) is 10.4. The number of methoxy groups -OCH3 is 1. The highest BCUT2D eigenvalue weighted by Gasteiger charge is 2.21. The number of aromatic nitrogens is 1. The molecule has 8 heteroatoms. The van der Waals surface area contributed by atoms with Crippen LogP contribution >= 0.6 is 0 Å². The zero-order valence-electron chi connectivity index (χ0n) is 26.1. The number of oxazole rings is 1. The Balaban J connectivity index is 1.24. The van der Waals surface area contributed by atoms with Gasteiger partial charge in [0.2, 0.25) is 5.89 Å². The molecule has 0 aliphatic heterocycles. The molecule has 7 nitrogen and oxygen atoms in total. The number of aryl methyl sites for hydroxylation is 1. The van der Waals surface area contributed by atoms with E-state index in [4.69, 9.17) is 23.4 Å². The van der Waals surface area contributed by atoms with Crippen molar-refractivity contribution in [2.75, 3.05) is 13.7 Å². The van der Waals surface area contributed by atoms with Gasteiger partial charge in [-0.05, 0) is 92.4 Å². The first-order valence-corrected chi connectivity index (χ1v) is 15.1. The van der Waals surface area contributed by atoms with Crippen molar-refractivity contribution in [3.63, 3.8) is 0 Å². The molecule has 1 heterocycles. The molecule has 0 fully saturated rings. The van der Waals surface area contributed by atoms with Crippen molar-refractivity contribution in [1.82, 2.24) is 4.98 Å². The number of rotatable bonds is 14. The summed E-state index contributed by atoms with van der Waals surface area (Å²) in [5.41, 5.74) is 4.22. The third-order valence-corrected chi connectivity index (χ3v) is 7.25. The van der Waals surface area contributed by atoms with Crippen LogP contribution in [0.2, 0.25) is 0 Å². The highest BCUT2D eigenvalue weighted by molar-refractivity contribution is 5.75. The Morgan fingerprint density at radius 2 is 1.61 bits per heavy atom. The highest BCUT2D eigenvalue weighted by atomic mass is 19.1. The summed E-state index contributed by atoms with van der Waals surface area (Å²) in [6, 6.07) is 28.9. The fourth-order valence-corrected chi connectivity index (χ4v) is 4.78. The molecule has 0 bridgehead atoms. The SMILES string of the molecule is CCOC(=O)C(CCC=Cc1cc(OC)ccc1OCc1nc(-c2ccccc2)oc1C)Oc1ccc(-c2ccc(F)cc2)cc1. The number of benzene rings is 4. The molecular weight excluding hydrogens is 585 g/mol. The van der Waals surface area contributed by atoms with E-state index in [0.717, 1.165) is 22.3 Å². The summed E-state index contributed by atoms with van der Waals surface area (Å²) in [4.78, 5) is 17.4. The van der Waals surface area contributed by atoms with Crippen LogP contribution < -0.4 is 14.2 Å². The monoisotopic (exact) mass is 621 g/mol. The van der Waals surface area contributed by atoms with Crippen LogP contribution in [0.3, 0.4) is 0 Å². The van der Waals surface area contributed by atoms with Crippen LogP contribution in [-0.4, -0.2) is 30.8 Å². The van der Waals surface area contributed by atoms with Gasteiger partial charge in [0, 0.05) is 11.1 Å². The Kier molecular flexibility index (Phi) is 10.8. The second-order valence-electron chi connectivity index (χ2n) is 10.4. The summed E-state index contributed by atoms with van der Waals surface area (Å²) in [6.07, 6.45) is 4.04. The minimum Gasteiger partial charge on any atom is -0.497 e. The molecule has 236 valence electrons. The van der Waals surface area contributed by atoms with E-state index in [-0.39, 0.29) is 19.0 Å². The molecule has 0 amide bonds. The third-order valence-electron chi connectivity index (χ3n) is 7.25. The standard InChI is InChI=1S/C38H36FNO6/c1-4-43-38(41)36(46-32-20-16-28(17-21-32)27-14-18-31(39)19-15-27)13-9-8-12-30-24-33(42-3)22-23-35(30)44-25-34-26(2)45-37(40-34)29-10-6-5-7-11-29/h5-8,10-12,14-24,36H,4,9,13,25H2,1-3H3. The molecule has 0 saturated heterocycles. The maximum atomic E-state index is 13.3. The van der Waals surface area contributed by atoms with Crippen LogP contribution in [0.5, 0.6) is 17.2 Å². The number of carbonyl (C=O) groups excluding carboxylic acids is 1. The first-order chi connectivity index (χ1) is 22.4. The van der Waals surface area contributed by atoms with Crippen molar-refractivity contribution in [3.8, 4) is 39.8 Å². The molecule has 0 spiro atoms. The van der Waals surface area contributed by atoms with Gasteiger partial charge in [-0.25, -0.2) is 14.2 Å². The van der Waals surface area contributed by atoms with Gasteiger partial charge in [-0.15, -0.1) is 0 Å². The maximum Gasteiger partial charge on any atom is 0.347 e. The van der Waals surface area contributed by atoms with E-state index in [1.165, 1.54) is 12.1 Å². The van der Waals surface area contributed by atoms with Crippen molar-refractivity contribution in [2.24, 2.45) is 0 Å². The first kappa shape index (κ1) is 32.0. The molecule has 0 radical (unpaired) electrons. The predicted octanol–water partition coefficient (Wildman–Crippen LogP) is 8.85. The van der Waals surface area contributed by atoms with Gasteiger partial charge < -0.3 is 23.4 Å². The molecule has 1 atom stereocenters. The van der Waals surface area contributed by atoms with Crippen LogP contribution in [0.25, 0.3) is 28.7 Å². The molecule has 0 aliphatic carbocycles. The van der Waals surface area contributed by atoms with E-state index in [1.54, 1.807) is 38.3 Å². The summed E-state index contributed by atoms with van der Waals surface area (Å²) in [5.74, 6) is 2.41. The maximum absolute atomic E-state index is 13.3. The Morgan fingerprint density at radius 1 is 0.913 bits per heavy atom. The normalized spacial score (nSPS) is 11.7. The summed E-state index contributed by atoms with van der Waals surface area (Å²) < 4.78 is 42.1. The van der Waals surface area contributed by atoms with Crippen LogP contribution in [0.15, 0.2) is 108 Å². The number of carbonyl (C=O) groups is 1. The lowest BCUT2D eigenvalue weighted by atomic mass is 10.1. The lowest BCUT2D eigenvalue weighted by Crippen LogP contribution is -2.29. The van der Waals surface area contributed by atoms with Crippen molar-refractivity contribution in [1.29, 1.82) is 0 Å².